The van der Waals surface area contributed by atoms with Crippen LogP contribution in [0.15, 0.2) is 24.3 Å². The second kappa shape index (κ2) is 48.3. The van der Waals surface area contributed by atoms with Gasteiger partial charge in [-0.2, -0.15) is 0 Å². The van der Waals surface area contributed by atoms with Crippen molar-refractivity contribution in [1.29, 1.82) is 0 Å². The second-order valence-corrected chi connectivity index (χ2v) is 15.7. The highest BCUT2D eigenvalue weighted by atomic mass is 16.5. The number of carboxylic acid groups (broad SMARTS) is 2. The van der Waals surface area contributed by atoms with Crippen LogP contribution >= 0.6 is 0 Å². The van der Waals surface area contributed by atoms with E-state index in [1.54, 1.807) is 14.0 Å². The molecule has 0 aliphatic rings. The fourth-order valence-corrected chi connectivity index (χ4v) is 6.38. The molecule has 0 heterocycles. The van der Waals surface area contributed by atoms with Crippen molar-refractivity contribution < 1.29 is 67.5 Å². The van der Waals surface area contributed by atoms with Crippen LogP contribution in [0.3, 0.4) is 0 Å². The van der Waals surface area contributed by atoms with Crippen molar-refractivity contribution in [3.63, 3.8) is 0 Å². The Kier molecular flexibility index (Phi) is 46.5. The zero-order valence-corrected chi connectivity index (χ0v) is 42.8. The monoisotopic (exact) mass is 984 g/mol. The van der Waals surface area contributed by atoms with Crippen molar-refractivity contribution in [2.24, 2.45) is 0 Å². The van der Waals surface area contributed by atoms with Crippen LogP contribution in [0.25, 0.3) is 0 Å². The molecule has 1 rings (SSSR count). The summed E-state index contributed by atoms with van der Waals surface area (Å²) in [6.45, 7) is 11.6. The molecule has 0 spiro atoms. The van der Waals surface area contributed by atoms with Gasteiger partial charge in [-0.25, -0.2) is 4.79 Å². The topological polar surface area (TPSA) is 266 Å². The molecule has 0 aromatic heterocycles. The molecule has 69 heavy (non-hydrogen) atoms. The van der Waals surface area contributed by atoms with Gasteiger partial charge in [0.15, 0.2) is 0 Å². The highest BCUT2D eigenvalue weighted by Gasteiger charge is 2.21. The van der Waals surface area contributed by atoms with E-state index in [9.17, 15) is 38.7 Å². The lowest BCUT2D eigenvalue weighted by atomic mass is 10.0. The fraction of sp³-hybridized carbons (Fsp3) is 0.740. The molecule has 2 atom stereocenters. The number of carboxylic acids is 2. The van der Waals surface area contributed by atoms with E-state index in [0.29, 0.717) is 25.1 Å². The largest absolute Gasteiger partial charge is 0.492 e. The summed E-state index contributed by atoms with van der Waals surface area (Å²) in [6.07, 6.45) is 13.3. The standard InChI is InChI=1S/C46H77N5O14.2C2H6/c1-36(52)40(47-2)33-37-17-19-38(20-18-37)65-28-25-50-44(56)35-64-32-30-62-27-24-49-43(55)34-63-31-29-61-26-23-48-41(53)22-21-39(46(59)60)51-42(54)15-13-11-9-7-5-3-4-6-8-10-12-14-16-45(57)58;2*1-2/h17-20,39-40,47H,3-16,21-35H2,1-2H3,(H,48,53)(H,49,55)(H,50,56)(H,51,54)(H,57,58)(H,59,60);2*1-2H3. The molecule has 2 unspecified atom stereocenters. The van der Waals surface area contributed by atoms with Gasteiger partial charge < -0.3 is 60.5 Å². The van der Waals surface area contributed by atoms with E-state index >= 15 is 0 Å². The number of nitrogens with one attached hydrogen (secondary N) is 5. The number of Topliss-reactive ketones (excluding diaryl/α,β-unsaturated/α-hetero) is 1. The Morgan fingerprint density at radius 1 is 0.507 bits per heavy atom. The number of likely N-dealkylation sites (N-methyl/N-ethyl adjacent to an activating group) is 1. The van der Waals surface area contributed by atoms with E-state index in [1.165, 1.54) is 19.3 Å². The van der Waals surface area contributed by atoms with Crippen molar-refractivity contribution in [2.75, 3.05) is 86.1 Å². The molecule has 0 aliphatic carbocycles. The second-order valence-electron chi connectivity index (χ2n) is 15.7. The third kappa shape index (κ3) is 43.1. The number of amides is 4. The maximum Gasteiger partial charge on any atom is 0.326 e. The van der Waals surface area contributed by atoms with Crippen LogP contribution in [0.4, 0.5) is 0 Å². The Balaban J connectivity index is 0. The number of aliphatic carboxylic acids is 2. The average molecular weight is 984 g/mol. The Bertz CT molecular complexity index is 1480. The van der Waals surface area contributed by atoms with E-state index in [4.69, 9.17) is 28.8 Å². The maximum atomic E-state index is 12.3. The van der Waals surface area contributed by atoms with Gasteiger partial charge in [-0.1, -0.05) is 104 Å². The van der Waals surface area contributed by atoms with Crippen LogP contribution in [0.1, 0.15) is 143 Å². The van der Waals surface area contributed by atoms with Gasteiger partial charge >= 0.3 is 11.9 Å². The molecular weight excluding hydrogens is 895 g/mol. The lowest BCUT2D eigenvalue weighted by Crippen LogP contribution is -2.41. The van der Waals surface area contributed by atoms with Crippen molar-refractivity contribution in [3.05, 3.63) is 29.8 Å². The molecule has 0 aliphatic heterocycles. The van der Waals surface area contributed by atoms with Gasteiger partial charge in [0.25, 0.3) is 0 Å². The quantitative estimate of drug-likeness (QED) is 0.0417. The van der Waals surface area contributed by atoms with E-state index < -0.39 is 18.0 Å². The van der Waals surface area contributed by atoms with Crippen molar-refractivity contribution >= 4 is 41.4 Å². The number of rotatable bonds is 44. The molecule has 7 N–H and O–H groups in total. The highest BCUT2D eigenvalue weighted by Crippen LogP contribution is 2.15. The fourth-order valence-electron chi connectivity index (χ4n) is 6.38. The van der Waals surface area contributed by atoms with Crippen LogP contribution < -0.4 is 31.3 Å². The van der Waals surface area contributed by atoms with E-state index in [1.807, 2.05) is 52.0 Å². The molecule has 0 radical (unpaired) electrons. The number of unbranched alkanes of at least 4 members (excludes halogenated alkanes) is 11. The lowest BCUT2D eigenvalue weighted by molar-refractivity contribution is -0.142. The first-order valence-electron chi connectivity index (χ1n) is 25.2. The van der Waals surface area contributed by atoms with Crippen molar-refractivity contribution in [1.82, 2.24) is 26.6 Å². The number of ketones is 1. The zero-order valence-electron chi connectivity index (χ0n) is 42.8. The molecular formula is C50H89N5O14. The Morgan fingerprint density at radius 3 is 1.39 bits per heavy atom. The minimum Gasteiger partial charge on any atom is -0.492 e. The molecule has 1 aromatic rings. The number of hydrogen-bond acceptors (Lipinski definition) is 13. The average Bonchev–Trinajstić information content (AvgIpc) is 3.34. The van der Waals surface area contributed by atoms with Crippen LogP contribution in [-0.2, 0) is 58.9 Å². The van der Waals surface area contributed by atoms with Gasteiger partial charge in [0, 0.05) is 32.4 Å². The summed E-state index contributed by atoms with van der Waals surface area (Å²) in [4.78, 5) is 82.2. The smallest absolute Gasteiger partial charge is 0.326 e. The van der Waals surface area contributed by atoms with Crippen molar-refractivity contribution in [2.45, 2.75) is 156 Å². The third-order valence-corrected chi connectivity index (χ3v) is 10.1. The zero-order chi connectivity index (χ0) is 51.8. The van der Waals surface area contributed by atoms with Gasteiger partial charge in [0.1, 0.15) is 37.4 Å². The van der Waals surface area contributed by atoms with Gasteiger partial charge in [-0.15, -0.1) is 0 Å². The van der Waals surface area contributed by atoms with Crippen LogP contribution in [-0.4, -0.2) is 150 Å². The van der Waals surface area contributed by atoms with E-state index in [-0.39, 0.29) is 134 Å². The summed E-state index contributed by atoms with van der Waals surface area (Å²) in [5.41, 5.74) is 1.01. The molecule has 0 saturated carbocycles. The Labute approximate surface area is 412 Å². The van der Waals surface area contributed by atoms with Gasteiger partial charge in [0.2, 0.25) is 23.6 Å². The minimum atomic E-state index is -1.19. The number of benzene rings is 1. The SMILES string of the molecule is CC.CC.CNC(Cc1ccc(OCCNC(=O)COCCOCCNC(=O)COCCOCCNC(=O)CCC(NC(=O)CCCCCCCCCCCCCCC(=O)O)C(=O)O)cc1)C(C)=O. The first-order valence-corrected chi connectivity index (χ1v) is 25.2. The molecule has 0 bridgehead atoms. The summed E-state index contributed by atoms with van der Waals surface area (Å²) in [5, 5.41) is 31.7. The van der Waals surface area contributed by atoms with Crippen LogP contribution in [0.2, 0.25) is 0 Å². The highest BCUT2D eigenvalue weighted by molar-refractivity contribution is 5.84. The Morgan fingerprint density at radius 2 is 0.942 bits per heavy atom. The number of ether oxygens (including phenoxy) is 5. The molecule has 398 valence electrons. The first-order chi connectivity index (χ1) is 33.4. The van der Waals surface area contributed by atoms with Gasteiger partial charge in [0.05, 0.1) is 52.2 Å². The Hall–Kier alpha value is -4.69. The van der Waals surface area contributed by atoms with E-state index in [0.717, 1.165) is 56.9 Å². The van der Waals surface area contributed by atoms with E-state index in [2.05, 4.69) is 26.6 Å². The summed E-state index contributed by atoms with van der Waals surface area (Å²) in [7, 11) is 1.76. The number of carbonyl (C=O) groups is 7. The molecule has 4 amide bonds. The predicted molar refractivity (Wildman–Crippen MR) is 265 cm³/mol. The van der Waals surface area contributed by atoms with Gasteiger partial charge in [-0.05, 0) is 57.4 Å². The summed E-state index contributed by atoms with van der Waals surface area (Å²) in [6, 6.07) is 6.08. The summed E-state index contributed by atoms with van der Waals surface area (Å²) in [5.74, 6) is -2.49. The third-order valence-electron chi connectivity index (χ3n) is 10.1. The molecule has 19 heteroatoms. The maximum absolute atomic E-state index is 12.3. The molecule has 1 aromatic carbocycles. The number of hydrogen-bond donors (Lipinski definition) is 7. The summed E-state index contributed by atoms with van der Waals surface area (Å²) >= 11 is 0. The first kappa shape index (κ1) is 66.4. The normalized spacial score (nSPS) is 11.4. The van der Waals surface area contributed by atoms with Crippen LogP contribution in [0, 0.1) is 0 Å². The van der Waals surface area contributed by atoms with Crippen molar-refractivity contribution in [3.8, 4) is 5.75 Å². The molecule has 19 nitrogen and oxygen atoms in total. The van der Waals surface area contributed by atoms with Crippen LogP contribution in [0.5, 0.6) is 5.75 Å². The van der Waals surface area contributed by atoms with Gasteiger partial charge in [-0.3, -0.25) is 28.8 Å². The molecule has 0 fully saturated rings. The number of carbonyl (C=O) groups excluding carboxylic acids is 5. The molecule has 0 saturated heterocycles. The minimum absolute atomic E-state index is 0.0344. The summed E-state index contributed by atoms with van der Waals surface area (Å²) < 4.78 is 27.0. The predicted octanol–water partition coefficient (Wildman–Crippen LogP) is 5.15. The lowest BCUT2D eigenvalue weighted by Gasteiger charge is -2.14.